The lowest BCUT2D eigenvalue weighted by molar-refractivity contribution is -0.891. The number of esters is 4. The average Bonchev–Trinajstić information content (AvgIpc) is 1.77. The zero-order chi connectivity index (χ0) is 78.5. The maximum atomic E-state index is 12.5. The summed E-state index contributed by atoms with van der Waals surface area (Å²) >= 11 is 3.99. The maximum absolute atomic E-state index is 12.5. The molecule has 103 heavy (non-hydrogen) atoms. The highest BCUT2D eigenvalue weighted by Gasteiger charge is 2.29. The normalized spacial score (nSPS) is 12.1. The Balaban J connectivity index is 0.000000493. The third-order valence-electron chi connectivity index (χ3n) is 14.5. The molecule has 3 heterocycles. The van der Waals surface area contributed by atoms with E-state index in [0.717, 1.165) is 96.0 Å². The minimum Gasteiger partial charge on any atom is -0.462 e. The summed E-state index contributed by atoms with van der Waals surface area (Å²) in [6, 6.07) is 17.4. The lowest BCUT2D eigenvalue weighted by Crippen LogP contribution is -2.49. The molecule has 37 heteroatoms. The van der Waals surface area contributed by atoms with Crippen molar-refractivity contribution in [1.82, 2.24) is 0 Å². The predicted molar refractivity (Wildman–Crippen MR) is 390 cm³/mol. The molecule has 0 saturated carbocycles. The van der Waals surface area contributed by atoms with E-state index in [1.807, 2.05) is 131 Å². The minimum absolute atomic E-state index is 0.216. The van der Waals surface area contributed by atoms with Crippen LogP contribution in [0.2, 0.25) is 0 Å². The lowest BCUT2D eigenvalue weighted by Gasteiger charge is -2.34. The lowest BCUT2D eigenvalue weighted by atomic mass is 10.1. The Labute approximate surface area is 612 Å². The van der Waals surface area contributed by atoms with Crippen LogP contribution in [0.4, 0.5) is 84.0 Å². The van der Waals surface area contributed by atoms with Crippen molar-refractivity contribution >= 4 is 122 Å². The topological polar surface area (TPSA) is 221 Å². The molecule has 3 aromatic carbocycles. The highest BCUT2D eigenvalue weighted by molar-refractivity contribution is 7.17. The van der Waals surface area contributed by atoms with Gasteiger partial charge in [-0.15, -0.1) is 0 Å². The molecule has 0 aliphatic heterocycles. The molecule has 1 unspecified atom stereocenters. The van der Waals surface area contributed by atoms with Crippen LogP contribution in [0.5, 0.6) is 11.5 Å². The largest absolute Gasteiger partial charge is 0.673 e. The number of benzene rings is 3. The van der Waals surface area contributed by atoms with E-state index in [1.165, 1.54) is 28.4 Å². The molecule has 6 rings (SSSR count). The number of thiazole rings is 3. The third-order valence-corrected chi connectivity index (χ3v) is 17.7. The van der Waals surface area contributed by atoms with Gasteiger partial charge in [0.2, 0.25) is 0 Å². The first-order valence-electron chi connectivity index (χ1n) is 33.1. The molecule has 0 amide bonds. The van der Waals surface area contributed by atoms with Crippen molar-refractivity contribution < 1.29 is 105 Å². The molecule has 0 spiro atoms. The summed E-state index contributed by atoms with van der Waals surface area (Å²) in [6.07, 6.45) is 1.69. The van der Waals surface area contributed by atoms with E-state index in [-0.39, 0.29) is 43.1 Å². The van der Waals surface area contributed by atoms with Gasteiger partial charge in [0.05, 0.1) is 119 Å². The number of ether oxygens (including phenoxy) is 4. The SMILES string of the molecule is CCN(CC[N+](C)(C)CC(C)O)c1ccc(N=Nc2scc[n+]2C)c(C)c1.CCOC(=O)c1sc(N=Nc2ccc(N(CC)CC)cc2OC(=O)C[N+](C)(C)C)[n+](C)c1C.CCOC(=O)c1sc(N=Nc2ccc(N(CC)CC)cc2OC(=O)C[N+](C)(C)C)[n+](C)c1C.F[B-](F)(F)F.F[B-](F)(F)F. The van der Waals surface area contributed by atoms with Crippen molar-refractivity contribution in [1.29, 1.82) is 0 Å². The Bertz CT molecular complexity index is 3610. The molecule has 0 fully saturated rings. The number of azo groups is 3. The number of likely N-dealkylation sites (N-methyl/N-ethyl adjacent to an activating group) is 4. The van der Waals surface area contributed by atoms with E-state index in [1.54, 1.807) is 46.5 Å². The predicted octanol–water partition coefficient (Wildman–Crippen LogP) is 14.0. The van der Waals surface area contributed by atoms with Gasteiger partial charge in [0.15, 0.2) is 45.7 Å². The molecule has 0 saturated heterocycles. The van der Waals surface area contributed by atoms with Crippen molar-refractivity contribution in [3.63, 3.8) is 0 Å². The van der Waals surface area contributed by atoms with Gasteiger partial charge in [0.25, 0.3) is 0 Å². The van der Waals surface area contributed by atoms with Gasteiger partial charge in [-0.3, -0.25) is 0 Å². The number of aliphatic hydroxyl groups is 1. The van der Waals surface area contributed by atoms with Gasteiger partial charge in [-0.1, -0.05) is 0 Å². The van der Waals surface area contributed by atoms with Gasteiger partial charge < -0.3 is 86.7 Å². The Hall–Kier alpha value is -7.96. The fourth-order valence-electron chi connectivity index (χ4n) is 9.33. The summed E-state index contributed by atoms with van der Waals surface area (Å²) in [5.41, 5.74) is 7.46. The third kappa shape index (κ3) is 34.0. The number of hydrogen-bond donors (Lipinski definition) is 1. The van der Waals surface area contributed by atoms with Crippen molar-refractivity contribution in [2.24, 2.45) is 51.8 Å². The van der Waals surface area contributed by atoms with Gasteiger partial charge in [-0.05, 0) is 174 Å². The second-order valence-corrected chi connectivity index (χ2v) is 28.6. The standard InChI is InChI=1S/2C23H35N5O4S.C20H33N5OS.2BF4/c2*1-9-27(10-2)17-12-13-18(19(14-17)32-20(29)15-28(6,7)8)24-25-23-26(5)16(4)21(33-23)22(30)31-11-3;1-7-24(10-12-25(5,6)15-17(3)26)18-8-9-19(16(2)14-18)21-22-20-23(4)11-13-27-20;2*2-1(3,4)5/h2*12-14H,9-11,15H2,1-8H3;8-9,11,13-14,17,26H,7,10,12,15H2,1-6H3;;/q3*+2;2*-1. The summed E-state index contributed by atoms with van der Waals surface area (Å²) in [7, 11) is 9.48. The van der Waals surface area contributed by atoms with Gasteiger partial charge in [-0.2, -0.15) is 0 Å². The minimum atomic E-state index is -6.00. The number of carbonyl (C=O) groups is 4. The van der Waals surface area contributed by atoms with Crippen LogP contribution in [-0.2, 0) is 40.2 Å². The van der Waals surface area contributed by atoms with Crippen LogP contribution >= 0.6 is 34.0 Å². The number of carbonyl (C=O) groups excluding carboxylic acids is 4. The Morgan fingerprint density at radius 3 is 1.20 bits per heavy atom. The summed E-state index contributed by atoms with van der Waals surface area (Å²) in [5.74, 6) is -0.757. The first-order valence-corrected chi connectivity index (χ1v) is 35.7. The quantitative estimate of drug-likeness (QED) is 0.00881. The van der Waals surface area contributed by atoms with E-state index in [2.05, 4.69) is 113 Å². The highest BCUT2D eigenvalue weighted by atomic mass is 32.1. The van der Waals surface area contributed by atoms with E-state index in [0.29, 0.717) is 65.1 Å². The molecule has 1 N–H and O–H groups in total. The number of nitrogens with zero attached hydrogens (tertiary/aromatic N) is 15. The smallest absolute Gasteiger partial charge is 0.462 e. The van der Waals surface area contributed by atoms with Gasteiger partial charge >= 0.3 is 53.8 Å². The Morgan fingerprint density at radius 1 is 0.534 bits per heavy atom. The fourth-order valence-corrected chi connectivity index (χ4v) is 11.9. The van der Waals surface area contributed by atoms with Crippen molar-refractivity contribution in [3.8, 4) is 11.5 Å². The summed E-state index contributed by atoms with van der Waals surface area (Å²) in [6.45, 7) is 29.5. The maximum Gasteiger partial charge on any atom is 0.673 e. The number of aliphatic hydroxyl groups excluding tert-OH is 1. The van der Waals surface area contributed by atoms with Gasteiger partial charge in [-0.25, -0.2) is 32.9 Å². The van der Waals surface area contributed by atoms with Crippen LogP contribution in [0.15, 0.2) is 96.9 Å². The number of aromatic nitrogens is 3. The molecule has 0 radical (unpaired) electrons. The van der Waals surface area contributed by atoms with Crippen molar-refractivity contribution in [2.45, 2.75) is 82.3 Å². The molecule has 3 aromatic heterocycles. The summed E-state index contributed by atoms with van der Waals surface area (Å²) in [5, 5.41) is 39.8. The number of quaternary nitrogens is 3. The molecule has 1 atom stereocenters. The highest BCUT2D eigenvalue weighted by Crippen LogP contribution is 2.37. The Morgan fingerprint density at radius 2 is 0.883 bits per heavy atom. The number of aryl methyl sites for hydroxylation is 2. The van der Waals surface area contributed by atoms with E-state index < -0.39 is 14.5 Å². The van der Waals surface area contributed by atoms with Crippen LogP contribution in [0.25, 0.3) is 0 Å². The molecule has 0 bridgehead atoms. The molecular weight excluding hydrogens is 1420 g/mol. The zero-order valence-electron chi connectivity index (χ0n) is 63.2. The van der Waals surface area contributed by atoms with Gasteiger partial charge in [0, 0.05) is 67.3 Å². The molecule has 24 nitrogen and oxygen atoms in total. The first kappa shape index (κ1) is 91.1. The van der Waals surface area contributed by atoms with Crippen LogP contribution < -0.4 is 37.9 Å². The van der Waals surface area contributed by atoms with Crippen molar-refractivity contribution in [2.75, 3.05) is 150 Å². The zero-order valence-corrected chi connectivity index (χ0v) is 65.7. The monoisotopic (exact) mass is 1520 g/mol. The van der Waals surface area contributed by atoms with Crippen LogP contribution in [-0.4, -0.2) is 198 Å². The fraction of sp³-hybridized carbons (Fsp3) is 0.530. The first-order chi connectivity index (χ1) is 47.7. The molecule has 6 aromatic rings. The number of rotatable bonds is 29. The van der Waals surface area contributed by atoms with Crippen LogP contribution in [0, 0.1) is 20.8 Å². The number of anilines is 3. The average molecular weight is 1520 g/mol. The second kappa shape index (κ2) is 42.1. The molecule has 0 aliphatic rings. The van der Waals surface area contributed by atoms with Crippen LogP contribution in [0.1, 0.15) is 91.7 Å². The van der Waals surface area contributed by atoms with E-state index in [4.69, 9.17) is 18.9 Å². The van der Waals surface area contributed by atoms with Gasteiger partial charge in [0.1, 0.15) is 35.9 Å². The summed E-state index contributed by atoms with van der Waals surface area (Å²) < 4.78 is 107. The van der Waals surface area contributed by atoms with Crippen molar-refractivity contribution in [3.05, 3.63) is 92.9 Å². The van der Waals surface area contributed by atoms with E-state index >= 15 is 0 Å². The second-order valence-electron chi connectivity index (χ2n) is 25.8. The molecule has 0 aliphatic carbocycles. The molecular formula is C66H103B2F8N15O9S3+4. The Kier molecular flexibility index (Phi) is 37.3. The van der Waals surface area contributed by atoms with E-state index in [9.17, 15) is 58.8 Å². The summed E-state index contributed by atoms with van der Waals surface area (Å²) in [4.78, 5) is 57.1. The number of hydrogen-bond acceptors (Lipinski definition) is 21. The van der Waals surface area contributed by atoms with Crippen LogP contribution in [0.3, 0.4) is 0 Å². The molecule has 572 valence electrons. The number of halogens is 8.